The summed E-state index contributed by atoms with van der Waals surface area (Å²) < 4.78 is 5.18. The zero-order valence-corrected chi connectivity index (χ0v) is 14.3. The van der Waals surface area contributed by atoms with Gasteiger partial charge in [0.15, 0.2) is 0 Å². The van der Waals surface area contributed by atoms with Gasteiger partial charge in [0, 0.05) is 19.6 Å². The minimum Gasteiger partial charge on any atom is -0.497 e. The molecular weight excluding hydrogens is 316 g/mol. The van der Waals surface area contributed by atoms with Crippen molar-refractivity contribution in [1.82, 2.24) is 10.2 Å². The van der Waals surface area contributed by atoms with Crippen LogP contribution in [0.1, 0.15) is 16.7 Å². The van der Waals surface area contributed by atoms with Crippen LogP contribution >= 0.6 is 0 Å². The average molecular weight is 338 g/mol. The third kappa shape index (κ3) is 4.18. The van der Waals surface area contributed by atoms with Crippen molar-refractivity contribution in [3.8, 4) is 5.75 Å². The van der Waals surface area contributed by atoms with E-state index in [4.69, 9.17) is 4.74 Å². The van der Waals surface area contributed by atoms with Gasteiger partial charge in [0.2, 0.25) is 0 Å². The van der Waals surface area contributed by atoms with Gasteiger partial charge in [-0.25, -0.2) is 0 Å². The number of carbonyl (C=O) groups excluding carboxylic acids is 2. The Labute approximate surface area is 147 Å². The van der Waals surface area contributed by atoms with Crippen molar-refractivity contribution >= 4 is 11.8 Å². The molecule has 0 unspecified atom stereocenters. The summed E-state index contributed by atoms with van der Waals surface area (Å²) in [6, 6.07) is 15.7. The molecule has 1 N–H and O–H groups in total. The second-order valence-corrected chi connectivity index (χ2v) is 6.10. The molecule has 25 heavy (non-hydrogen) atoms. The number of rotatable bonds is 4. The zero-order valence-electron chi connectivity index (χ0n) is 14.3. The molecule has 130 valence electrons. The van der Waals surface area contributed by atoms with E-state index in [0.717, 1.165) is 23.3 Å². The van der Waals surface area contributed by atoms with Crippen molar-refractivity contribution in [1.29, 1.82) is 0 Å². The van der Waals surface area contributed by atoms with E-state index in [1.165, 1.54) is 5.56 Å². The summed E-state index contributed by atoms with van der Waals surface area (Å²) in [5.41, 5.74) is 3.43. The standard InChI is InChI=1S/C20H22N2O3/c1-25-18-8-4-5-15(13-18)9-11-21-19(23)20(24)22-12-10-16-6-2-3-7-17(16)14-22/h2-8,13H,9-12,14H2,1H3,(H,21,23). The lowest BCUT2D eigenvalue weighted by atomic mass is 10.00. The number of hydrogen-bond donors (Lipinski definition) is 1. The minimum atomic E-state index is -0.540. The molecule has 0 bridgehead atoms. The molecule has 2 amide bonds. The van der Waals surface area contributed by atoms with Crippen LogP contribution < -0.4 is 10.1 Å². The fraction of sp³-hybridized carbons (Fsp3) is 0.300. The molecule has 0 spiro atoms. The van der Waals surface area contributed by atoms with Gasteiger partial charge in [0.25, 0.3) is 0 Å². The Kier molecular flexibility index (Phi) is 5.33. The van der Waals surface area contributed by atoms with Crippen molar-refractivity contribution in [2.24, 2.45) is 0 Å². The van der Waals surface area contributed by atoms with Crippen LogP contribution in [0.2, 0.25) is 0 Å². The summed E-state index contributed by atoms with van der Waals surface area (Å²) in [6.45, 7) is 1.50. The van der Waals surface area contributed by atoms with Crippen LogP contribution in [0.15, 0.2) is 48.5 Å². The molecular formula is C20H22N2O3. The van der Waals surface area contributed by atoms with E-state index in [0.29, 0.717) is 26.1 Å². The predicted molar refractivity (Wildman–Crippen MR) is 95.3 cm³/mol. The molecule has 5 heteroatoms. The number of amides is 2. The van der Waals surface area contributed by atoms with Gasteiger partial charge in [-0.2, -0.15) is 0 Å². The second-order valence-electron chi connectivity index (χ2n) is 6.10. The van der Waals surface area contributed by atoms with E-state index in [2.05, 4.69) is 11.4 Å². The molecule has 0 saturated carbocycles. The Bertz CT molecular complexity index is 773. The molecule has 0 fully saturated rings. The first-order chi connectivity index (χ1) is 12.2. The molecule has 5 nitrogen and oxygen atoms in total. The third-order valence-electron chi connectivity index (χ3n) is 4.45. The number of fused-ring (bicyclic) bond motifs is 1. The SMILES string of the molecule is COc1cccc(CCNC(=O)C(=O)N2CCc3ccccc3C2)c1. The van der Waals surface area contributed by atoms with E-state index in [1.807, 2.05) is 42.5 Å². The first-order valence-electron chi connectivity index (χ1n) is 8.44. The van der Waals surface area contributed by atoms with Gasteiger partial charge in [-0.15, -0.1) is 0 Å². The highest BCUT2D eigenvalue weighted by Crippen LogP contribution is 2.18. The van der Waals surface area contributed by atoms with Crippen molar-refractivity contribution < 1.29 is 14.3 Å². The number of hydrogen-bond acceptors (Lipinski definition) is 3. The maximum atomic E-state index is 12.3. The third-order valence-corrected chi connectivity index (χ3v) is 4.45. The smallest absolute Gasteiger partial charge is 0.312 e. The van der Waals surface area contributed by atoms with Crippen LogP contribution in [0.3, 0.4) is 0 Å². The van der Waals surface area contributed by atoms with Crippen LogP contribution in [-0.4, -0.2) is 36.9 Å². The number of nitrogens with zero attached hydrogens (tertiary/aromatic N) is 1. The molecule has 1 aliphatic rings. The normalized spacial score (nSPS) is 13.1. The summed E-state index contributed by atoms with van der Waals surface area (Å²) in [5, 5.41) is 2.72. The van der Waals surface area contributed by atoms with E-state index in [-0.39, 0.29) is 0 Å². The van der Waals surface area contributed by atoms with Crippen molar-refractivity contribution in [3.63, 3.8) is 0 Å². The Hall–Kier alpha value is -2.82. The summed E-state index contributed by atoms with van der Waals surface area (Å²) >= 11 is 0. The quantitative estimate of drug-likeness (QED) is 0.867. The molecule has 0 saturated heterocycles. The fourth-order valence-corrected chi connectivity index (χ4v) is 3.04. The highest BCUT2D eigenvalue weighted by atomic mass is 16.5. The van der Waals surface area contributed by atoms with Crippen LogP contribution in [0.25, 0.3) is 0 Å². The summed E-state index contributed by atoms with van der Waals surface area (Å²) in [5.74, 6) is -0.214. The molecule has 1 aliphatic heterocycles. The number of carbonyl (C=O) groups is 2. The van der Waals surface area contributed by atoms with Gasteiger partial charge in [-0.3, -0.25) is 9.59 Å². The van der Waals surface area contributed by atoms with Gasteiger partial charge >= 0.3 is 11.8 Å². The molecule has 0 atom stereocenters. The molecule has 0 radical (unpaired) electrons. The second kappa shape index (κ2) is 7.83. The minimum absolute atomic E-state index is 0.419. The van der Waals surface area contributed by atoms with E-state index < -0.39 is 11.8 Å². The highest BCUT2D eigenvalue weighted by molar-refractivity contribution is 6.35. The maximum absolute atomic E-state index is 12.3. The van der Waals surface area contributed by atoms with E-state index >= 15 is 0 Å². The Morgan fingerprint density at radius 3 is 2.72 bits per heavy atom. The Balaban J connectivity index is 1.50. The maximum Gasteiger partial charge on any atom is 0.312 e. The van der Waals surface area contributed by atoms with Crippen LogP contribution in [0.4, 0.5) is 0 Å². The van der Waals surface area contributed by atoms with Crippen molar-refractivity contribution in [3.05, 3.63) is 65.2 Å². The van der Waals surface area contributed by atoms with Gasteiger partial charge in [0.05, 0.1) is 7.11 Å². The number of methoxy groups -OCH3 is 1. The lowest BCUT2D eigenvalue weighted by Gasteiger charge is -2.28. The van der Waals surface area contributed by atoms with Crippen molar-refractivity contribution in [2.75, 3.05) is 20.2 Å². The predicted octanol–water partition coefficient (Wildman–Crippen LogP) is 1.94. The Morgan fingerprint density at radius 2 is 1.92 bits per heavy atom. The molecule has 2 aromatic rings. The van der Waals surface area contributed by atoms with E-state index in [1.54, 1.807) is 12.0 Å². The van der Waals surface area contributed by atoms with Gasteiger partial charge < -0.3 is 15.0 Å². The van der Waals surface area contributed by atoms with Crippen LogP contribution in [0, 0.1) is 0 Å². The van der Waals surface area contributed by atoms with E-state index in [9.17, 15) is 9.59 Å². The lowest BCUT2D eigenvalue weighted by molar-refractivity contribution is -0.146. The molecule has 0 aromatic heterocycles. The van der Waals surface area contributed by atoms with Gasteiger partial charge in [0.1, 0.15) is 5.75 Å². The van der Waals surface area contributed by atoms with Crippen LogP contribution in [0.5, 0.6) is 5.75 Å². The monoisotopic (exact) mass is 338 g/mol. The fourth-order valence-electron chi connectivity index (χ4n) is 3.04. The molecule has 3 rings (SSSR count). The van der Waals surface area contributed by atoms with Gasteiger partial charge in [-0.1, -0.05) is 36.4 Å². The first kappa shape index (κ1) is 17.0. The average Bonchev–Trinajstić information content (AvgIpc) is 2.67. The molecule has 2 aromatic carbocycles. The highest BCUT2D eigenvalue weighted by Gasteiger charge is 2.25. The summed E-state index contributed by atoms with van der Waals surface area (Å²) in [6.07, 6.45) is 1.44. The molecule has 0 aliphatic carbocycles. The number of ether oxygens (including phenoxy) is 1. The Morgan fingerprint density at radius 1 is 1.12 bits per heavy atom. The first-order valence-corrected chi connectivity index (χ1v) is 8.44. The van der Waals surface area contributed by atoms with Crippen molar-refractivity contribution in [2.45, 2.75) is 19.4 Å². The number of nitrogens with one attached hydrogen (secondary N) is 1. The molecule has 1 heterocycles. The number of benzene rings is 2. The zero-order chi connectivity index (χ0) is 17.6. The topological polar surface area (TPSA) is 58.6 Å². The lowest BCUT2D eigenvalue weighted by Crippen LogP contribution is -2.45. The largest absolute Gasteiger partial charge is 0.497 e. The van der Waals surface area contributed by atoms with Crippen LogP contribution in [-0.2, 0) is 29.0 Å². The van der Waals surface area contributed by atoms with Gasteiger partial charge in [-0.05, 0) is 41.7 Å². The summed E-state index contributed by atoms with van der Waals surface area (Å²) in [4.78, 5) is 26.1. The summed E-state index contributed by atoms with van der Waals surface area (Å²) in [7, 11) is 1.62.